The molecule has 0 heterocycles. The van der Waals surface area contributed by atoms with E-state index in [0.29, 0.717) is 0 Å². The molecule has 0 saturated carbocycles. The lowest BCUT2D eigenvalue weighted by Gasteiger charge is -2.12. The van der Waals surface area contributed by atoms with E-state index in [-0.39, 0.29) is 16.7 Å². The second-order valence-corrected chi connectivity index (χ2v) is 5.18. The van der Waals surface area contributed by atoms with Crippen LogP contribution >= 0.6 is 0 Å². The van der Waals surface area contributed by atoms with Crippen LogP contribution in [0, 0.1) is 6.92 Å². The van der Waals surface area contributed by atoms with E-state index in [0.717, 1.165) is 5.56 Å². The molecule has 2 atom stereocenters. The van der Waals surface area contributed by atoms with E-state index in [4.69, 9.17) is 15.3 Å². The molecule has 0 spiro atoms. The number of hydrogen-bond acceptors (Lipinski definition) is 4. The van der Waals surface area contributed by atoms with Crippen LogP contribution in [0.4, 0.5) is 0 Å². The van der Waals surface area contributed by atoms with Crippen molar-refractivity contribution in [2.45, 2.75) is 26.1 Å². The van der Waals surface area contributed by atoms with E-state index in [9.17, 15) is 14.7 Å². The Morgan fingerprint density at radius 1 is 0.833 bits per heavy atom. The predicted molar refractivity (Wildman–Crippen MR) is 88.2 cm³/mol. The fourth-order valence-corrected chi connectivity index (χ4v) is 2.03. The van der Waals surface area contributed by atoms with Gasteiger partial charge in [-0.05, 0) is 37.1 Å². The first-order valence-corrected chi connectivity index (χ1v) is 7.23. The highest BCUT2D eigenvalue weighted by Gasteiger charge is 2.13. The van der Waals surface area contributed by atoms with Gasteiger partial charge in [0.05, 0.1) is 17.2 Å². The third kappa shape index (κ3) is 5.19. The number of hydrogen-bond donors (Lipinski definition) is 4. The van der Waals surface area contributed by atoms with Crippen LogP contribution in [0.15, 0.2) is 48.5 Å². The number of carboxylic acids is 2. The quantitative estimate of drug-likeness (QED) is 0.684. The summed E-state index contributed by atoms with van der Waals surface area (Å²) in [4.78, 5) is 21.2. The number of carboxylic acid groups (broad SMARTS) is 2. The Balaban J connectivity index is 0.000000243. The van der Waals surface area contributed by atoms with Gasteiger partial charge in [0.1, 0.15) is 6.10 Å². The van der Waals surface area contributed by atoms with Gasteiger partial charge in [-0.3, -0.25) is 0 Å². The maximum Gasteiger partial charge on any atom is 0.335 e. The lowest BCUT2D eigenvalue weighted by molar-refractivity contribution is 0.0305. The molecule has 0 radical (unpaired) electrons. The number of benzene rings is 2. The van der Waals surface area contributed by atoms with E-state index in [1.165, 1.54) is 25.1 Å². The standard InChI is InChI=1S/C9H8O4.C9H12O2/c1-5-6(8(10)11)3-2-4-7(5)9(12)13;1-7(10)9(11)8-5-3-2-4-6-8/h2-4H,1H3,(H,10,11)(H,12,13);2-7,9-11H,1H3. The van der Waals surface area contributed by atoms with Crippen LogP contribution in [0.3, 0.4) is 0 Å². The van der Waals surface area contributed by atoms with Crippen molar-refractivity contribution in [3.63, 3.8) is 0 Å². The molecule has 0 amide bonds. The number of carbonyl (C=O) groups is 2. The van der Waals surface area contributed by atoms with Gasteiger partial charge in [0, 0.05) is 0 Å². The number of aliphatic hydroxyl groups is 2. The van der Waals surface area contributed by atoms with Crippen molar-refractivity contribution in [1.29, 1.82) is 0 Å². The van der Waals surface area contributed by atoms with Gasteiger partial charge in [0.25, 0.3) is 0 Å². The molecule has 0 bridgehead atoms. The number of aromatic carboxylic acids is 2. The van der Waals surface area contributed by atoms with Gasteiger partial charge in [-0.2, -0.15) is 0 Å². The lowest BCUT2D eigenvalue weighted by atomic mass is 10.0. The van der Waals surface area contributed by atoms with Crippen LogP contribution in [-0.2, 0) is 0 Å². The molecule has 2 aromatic rings. The molecule has 0 aliphatic heterocycles. The van der Waals surface area contributed by atoms with Gasteiger partial charge in [-0.15, -0.1) is 0 Å². The molecule has 6 heteroatoms. The summed E-state index contributed by atoms with van der Waals surface area (Å²) < 4.78 is 0. The van der Waals surface area contributed by atoms with Gasteiger partial charge < -0.3 is 20.4 Å². The molecule has 24 heavy (non-hydrogen) atoms. The zero-order valence-electron chi connectivity index (χ0n) is 13.4. The Labute approximate surface area is 139 Å². The molecule has 0 aromatic heterocycles. The normalized spacial score (nSPS) is 12.5. The maximum absolute atomic E-state index is 10.6. The van der Waals surface area contributed by atoms with Gasteiger partial charge >= 0.3 is 11.9 Å². The van der Waals surface area contributed by atoms with E-state index < -0.39 is 24.1 Å². The lowest BCUT2D eigenvalue weighted by Crippen LogP contribution is -2.13. The van der Waals surface area contributed by atoms with E-state index in [2.05, 4.69) is 0 Å². The Hall–Kier alpha value is -2.70. The second kappa shape index (κ2) is 8.81. The van der Waals surface area contributed by atoms with E-state index in [1.54, 1.807) is 19.1 Å². The number of aliphatic hydroxyl groups excluding tert-OH is 2. The highest BCUT2D eigenvalue weighted by atomic mass is 16.4. The minimum atomic E-state index is -1.11. The summed E-state index contributed by atoms with van der Waals surface area (Å²) in [5.74, 6) is -2.22. The summed E-state index contributed by atoms with van der Waals surface area (Å²) >= 11 is 0. The Morgan fingerprint density at radius 3 is 1.67 bits per heavy atom. The molecule has 0 aliphatic carbocycles. The van der Waals surface area contributed by atoms with Crippen LogP contribution in [-0.4, -0.2) is 38.5 Å². The van der Waals surface area contributed by atoms with Gasteiger partial charge in [0.2, 0.25) is 0 Å². The van der Waals surface area contributed by atoms with Crippen molar-refractivity contribution in [1.82, 2.24) is 0 Å². The Morgan fingerprint density at radius 2 is 1.29 bits per heavy atom. The summed E-state index contributed by atoms with van der Waals surface area (Å²) in [7, 11) is 0. The SMILES string of the molecule is CC(O)C(O)c1ccccc1.Cc1c(C(=O)O)cccc1C(=O)O. The van der Waals surface area contributed by atoms with Crippen LogP contribution in [0.25, 0.3) is 0 Å². The molecule has 0 fully saturated rings. The molecule has 2 aromatic carbocycles. The average Bonchev–Trinajstić information content (AvgIpc) is 2.55. The first kappa shape index (κ1) is 19.3. The smallest absolute Gasteiger partial charge is 0.335 e. The first-order valence-electron chi connectivity index (χ1n) is 7.23. The topological polar surface area (TPSA) is 115 Å². The summed E-state index contributed by atoms with van der Waals surface area (Å²) in [5, 5.41) is 35.7. The Bertz CT molecular complexity index is 662. The molecule has 0 aliphatic rings. The molecule has 2 rings (SSSR count). The minimum Gasteiger partial charge on any atom is -0.478 e. The van der Waals surface area contributed by atoms with Crippen LogP contribution < -0.4 is 0 Å². The van der Waals surface area contributed by atoms with Crippen molar-refractivity contribution >= 4 is 11.9 Å². The highest BCUT2D eigenvalue weighted by Crippen LogP contribution is 2.15. The van der Waals surface area contributed by atoms with E-state index in [1.807, 2.05) is 18.2 Å². The minimum absolute atomic E-state index is 0.0277. The largest absolute Gasteiger partial charge is 0.478 e. The van der Waals surface area contributed by atoms with Crippen molar-refractivity contribution < 1.29 is 30.0 Å². The Kier molecular flexibility index (Phi) is 7.10. The third-order valence-electron chi connectivity index (χ3n) is 3.39. The van der Waals surface area contributed by atoms with Gasteiger partial charge in [-0.25, -0.2) is 9.59 Å². The van der Waals surface area contributed by atoms with Crippen molar-refractivity contribution in [3.05, 3.63) is 70.8 Å². The zero-order chi connectivity index (χ0) is 18.3. The van der Waals surface area contributed by atoms with Crippen molar-refractivity contribution in [2.24, 2.45) is 0 Å². The van der Waals surface area contributed by atoms with Crippen molar-refractivity contribution in [2.75, 3.05) is 0 Å². The fraction of sp³-hybridized carbons (Fsp3) is 0.222. The molecular weight excluding hydrogens is 312 g/mol. The second-order valence-electron chi connectivity index (χ2n) is 5.18. The van der Waals surface area contributed by atoms with Gasteiger partial charge in [-0.1, -0.05) is 36.4 Å². The monoisotopic (exact) mass is 332 g/mol. The van der Waals surface area contributed by atoms with Crippen LogP contribution in [0.2, 0.25) is 0 Å². The van der Waals surface area contributed by atoms with Crippen LogP contribution in [0.1, 0.15) is 44.9 Å². The van der Waals surface area contributed by atoms with E-state index >= 15 is 0 Å². The highest BCUT2D eigenvalue weighted by molar-refractivity contribution is 5.96. The molecule has 4 N–H and O–H groups in total. The molecule has 2 unspecified atom stereocenters. The third-order valence-corrected chi connectivity index (χ3v) is 3.39. The fourth-order valence-electron chi connectivity index (χ4n) is 2.03. The summed E-state index contributed by atoms with van der Waals surface area (Å²) in [6, 6.07) is 13.3. The summed E-state index contributed by atoms with van der Waals surface area (Å²) in [5.41, 5.74) is 1.09. The molecular formula is C18H20O6. The molecule has 0 saturated heterocycles. The molecule has 128 valence electrons. The van der Waals surface area contributed by atoms with Crippen LogP contribution in [0.5, 0.6) is 0 Å². The predicted octanol–water partition coefficient (Wildman–Crippen LogP) is 2.49. The van der Waals surface area contributed by atoms with Crippen molar-refractivity contribution in [3.8, 4) is 0 Å². The summed E-state index contributed by atoms with van der Waals surface area (Å²) in [6.45, 7) is 3.05. The summed E-state index contributed by atoms with van der Waals surface area (Å²) in [6.07, 6.45) is -1.48. The average molecular weight is 332 g/mol. The number of rotatable bonds is 4. The zero-order valence-corrected chi connectivity index (χ0v) is 13.4. The first-order chi connectivity index (χ1) is 11.3. The molecule has 6 nitrogen and oxygen atoms in total. The maximum atomic E-state index is 10.6. The van der Waals surface area contributed by atoms with Gasteiger partial charge in [0.15, 0.2) is 0 Å².